The van der Waals surface area contributed by atoms with Crippen LogP contribution < -0.4 is 0 Å². The molecule has 6 heteroatoms. The number of carbonyl (C=O) groups is 1. The molecule has 1 aliphatic heterocycles. The standard InChI is InChI=1S/C20H31BO5/c1-18(2,3)24-16(22)13-15(17(23)14-11-9-8-10-12-14)21-25-19(4,5)20(6,7)26-21/h8-12,15,17,23H,13H2,1-7H3/t15-,17+/m1/s1. The highest BCUT2D eigenvalue weighted by atomic mass is 16.7. The lowest BCUT2D eigenvalue weighted by Gasteiger charge is -2.32. The van der Waals surface area contributed by atoms with Crippen LogP contribution >= 0.6 is 0 Å². The topological polar surface area (TPSA) is 65.0 Å². The van der Waals surface area contributed by atoms with E-state index in [4.69, 9.17) is 14.0 Å². The summed E-state index contributed by atoms with van der Waals surface area (Å²) in [6.45, 7) is 13.3. The van der Waals surface area contributed by atoms with E-state index in [0.717, 1.165) is 5.56 Å². The SMILES string of the molecule is CC(C)(C)OC(=O)C[C@@H](B1OC(C)(C)C(C)(C)O1)[C@@H](O)c1ccccc1. The molecule has 144 valence electrons. The highest BCUT2D eigenvalue weighted by molar-refractivity contribution is 6.48. The van der Waals surface area contributed by atoms with E-state index in [1.54, 1.807) is 0 Å². The smallest absolute Gasteiger partial charge is 0.460 e. The molecular weight excluding hydrogens is 331 g/mol. The predicted octanol–water partition coefficient (Wildman–Crippen LogP) is 3.91. The molecule has 0 radical (unpaired) electrons. The molecule has 5 nitrogen and oxygen atoms in total. The van der Waals surface area contributed by atoms with Gasteiger partial charge in [0.15, 0.2) is 0 Å². The number of benzene rings is 1. The van der Waals surface area contributed by atoms with Crippen LogP contribution in [0.3, 0.4) is 0 Å². The van der Waals surface area contributed by atoms with Crippen molar-refractivity contribution in [3.05, 3.63) is 35.9 Å². The zero-order valence-corrected chi connectivity index (χ0v) is 16.9. The number of hydrogen-bond donors (Lipinski definition) is 1. The maximum absolute atomic E-state index is 12.4. The van der Waals surface area contributed by atoms with E-state index in [2.05, 4.69) is 0 Å². The van der Waals surface area contributed by atoms with Gasteiger partial charge >= 0.3 is 13.1 Å². The minimum atomic E-state index is -0.904. The summed E-state index contributed by atoms with van der Waals surface area (Å²) in [5.74, 6) is -0.958. The molecule has 2 atom stereocenters. The summed E-state index contributed by atoms with van der Waals surface area (Å²) in [5.41, 5.74) is -0.953. The maximum Gasteiger partial charge on any atom is 0.464 e. The molecule has 1 aromatic carbocycles. The molecular formula is C20H31BO5. The molecule has 1 aromatic rings. The zero-order valence-electron chi connectivity index (χ0n) is 16.9. The van der Waals surface area contributed by atoms with Gasteiger partial charge in [0.1, 0.15) is 5.60 Å². The molecule has 0 amide bonds. The second-order valence-corrected chi connectivity index (χ2v) is 8.93. The third kappa shape index (κ3) is 4.87. The minimum absolute atomic E-state index is 0.00412. The van der Waals surface area contributed by atoms with Crippen molar-refractivity contribution in [3.63, 3.8) is 0 Å². The van der Waals surface area contributed by atoms with Gasteiger partial charge in [-0.25, -0.2) is 0 Å². The van der Waals surface area contributed by atoms with Gasteiger partial charge in [0.05, 0.1) is 17.3 Å². The van der Waals surface area contributed by atoms with Crippen LogP contribution in [0.15, 0.2) is 30.3 Å². The van der Waals surface area contributed by atoms with Gasteiger partial charge in [0.25, 0.3) is 0 Å². The van der Waals surface area contributed by atoms with Gasteiger partial charge < -0.3 is 19.2 Å². The van der Waals surface area contributed by atoms with Crippen LogP contribution in [0, 0.1) is 0 Å². The van der Waals surface area contributed by atoms with Crippen molar-refractivity contribution in [2.24, 2.45) is 0 Å². The first-order chi connectivity index (χ1) is 11.8. The van der Waals surface area contributed by atoms with E-state index in [1.807, 2.05) is 78.8 Å². The zero-order chi connectivity index (χ0) is 19.8. The third-order valence-electron chi connectivity index (χ3n) is 4.99. The van der Waals surface area contributed by atoms with Crippen molar-refractivity contribution in [2.45, 2.75) is 83.6 Å². The Morgan fingerprint density at radius 3 is 2.08 bits per heavy atom. The number of rotatable bonds is 5. The van der Waals surface area contributed by atoms with Crippen LogP contribution in [-0.2, 0) is 18.8 Å². The van der Waals surface area contributed by atoms with E-state index in [9.17, 15) is 9.90 Å². The lowest BCUT2D eigenvalue weighted by molar-refractivity contribution is -0.155. The van der Waals surface area contributed by atoms with Gasteiger partial charge in [-0.1, -0.05) is 30.3 Å². The molecule has 0 spiro atoms. The summed E-state index contributed by atoms with van der Waals surface area (Å²) < 4.78 is 17.7. The van der Waals surface area contributed by atoms with E-state index >= 15 is 0 Å². The number of aliphatic hydroxyl groups is 1. The molecule has 1 N–H and O–H groups in total. The molecule has 1 heterocycles. The van der Waals surface area contributed by atoms with Gasteiger partial charge in [-0.3, -0.25) is 4.79 Å². The normalized spacial score (nSPS) is 21.3. The van der Waals surface area contributed by atoms with E-state index < -0.39 is 35.8 Å². The lowest BCUT2D eigenvalue weighted by atomic mass is 9.65. The maximum atomic E-state index is 12.4. The second-order valence-electron chi connectivity index (χ2n) is 8.93. The van der Waals surface area contributed by atoms with E-state index in [-0.39, 0.29) is 12.4 Å². The van der Waals surface area contributed by atoms with Crippen molar-refractivity contribution >= 4 is 13.1 Å². The monoisotopic (exact) mass is 362 g/mol. The quantitative estimate of drug-likeness (QED) is 0.635. The average Bonchev–Trinajstić information content (AvgIpc) is 2.71. The van der Waals surface area contributed by atoms with Crippen LogP contribution in [0.2, 0.25) is 5.82 Å². The number of ether oxygens (including phenoxy) is 1. The highest BCUT2D eigenvalue weighted by Gasteiger charge is 2.55. The summed E-state index contributed by atoms with van der Waals surface area (Å²) >= 11 is 0. The van der Waals surface area contributed by atoms with Crippen LogP contribution in [-0.4, -0.2) is 35.0 Å². The Morgan fingerprint density at radius 2 is 1.62 bits per heavy atom. The number of carbonyl (C=O) groups excluding carboxylic acids is 1. The van der Waals surface area contributed by atoms with Crippen molar-refractivity contribution in [1.29, 1.82) is 0 Å². The molecule has 26 heavy (non-hydrogen) atoms. The van der Waals surface area contributed by atoms with Gasteiger partial charge in [0.2, 0.25) is 0 Å². The molecule has 0 aliphatic carbocycles. The van der Waals surface area contributed by atoms with Crippen molar-refractivity contribution < 1.29 is 23.9 Å². The van der Waals surface area contributed by atoms with Gasteiger partial charge in [-0.2, -0.15) is 0 Å². The highest BCUT2D eigenvalue weighted by Crippen LogP contribution is 2.44. The van der Waals surface area contributed by atoms with Crippen molar-refractivity contribution in [1.82, 2.24) is 0 Å². The summed E-state index contributed by atoms with van der Waals surface area (Å²) in [7, 11) is -0.706. The van der Waals surface area contributed by atoms with Crippen LogP contribution in [0.5, 0.6) is 0 Å². The Balaban J connectivity index is 2.26. The van der Waals surface area contributed by atoms with Gasteiger partial charge in [-0.15, -0.1) is 0 Å². The summed E-state index contributed by atoms with van der Waals surface area (Å²) in [6, 6.07) is 9.25. The molecule has 2 rings (SSSR count). The molecule has 0 saturated carbocycles. The molecule has 0 bridgehead atoms. The number of esters is 1. The first kappa shape index (κ1) is 20.9. The average molecular weight is 362 g/mol. The van der Waals surface area contributed by atoms with E-state index in [1.165, 1.54) is 0 Å². The number of hydrogen-bond acceptors (Lipinski definition) is 5. The minimum Gasteiger partial charge on any atom is -0.460 e. The third-order valence-corrected chi connectivity index (χ3v) is 4.99. The van der Waals surface area contributed by atoms with Crippen LogP contribution in [0.4, 0.5) is 0 Å². The Bertz CT molecular complexity index is 605. The molecule has 1 aliphatic rings. The second kappa shape index (κ2) is 7.33. The fourth-order valence-corrected chi connectivity index (χ4v) is 2.89. The fourth-order valence-electron chi connectivity index (χ4n) is 2.89. The largest absolute Gasteiger partial charge is 0.464 e. The summed E-state index contributed by atoms with van der Waals surface area (Å²) in [6.07, 6.45) is -0.900. The van der Waals surface area contributed by atoms with Crippen molar-refractivity contribution in [2.75, 3.05) is 0 Å². The predicted molar refractivity (Wildman–Crippen MR) is 102 cm³/mol. The van der Waals surface area contributed by atoms with Crippen LogP contribution in [0.25, 0.3) is 0 Å². The fraction of sp³-hybridized carbons (Fsp3) is 0.650. The molecule has 1 saturated heterocycles. The Morgan fingerprint density at radius 1 is 1.12 bits per heavy atom. The Labute approximate surface area is 157 Å². The summed E-state index contributed by atoms with van der Waals surface area (Å²) in [4.78, 5) is 12.4. The first-order valence-electron chi connectivity index (χ1n) is 9.13. The first-order valence-corrected chi connectivity index (χ1v) is 9.13. The van der Waals surface area contributed by atoms with Gasteiger partial charge in [0, 0.05) is 12.2 Å². The van der Waals surface area contributed by atoms with Gasteiger partial charge in [-0.05, 0) is 54.0 Å². The summed E-state index contributed by atoms with van der Waals surface area (Å²) in [5, 5.41) is 11.0. The lowest BCUT2D eigenvalue weighted by Crippen LogP contribution is -2.41. The number of aliphatic hydroxyl groups excluding tert-OH is 1. The van der Waals surface area contributed by atoms with E-state index in [0.29, 0.717) is 0 Å². The Kier molecular flexibility index (Phi) is 5.91. The van der Waals surface area contributed by atoms with Crippen molar-refractivity contribution in [3.8, 4) is 0 Å². The molecule has 0 unspecified atom stereocenters. The molecule has 0 aromatic heterocycles. The van der Waals surface area contributed by atoms with Crippen LogP contribution in [0.1, 0.15) is 66.6 Å². The molecule has 1 fully saturated rings. The Hall–Kier alpha value is -1.37.